The summed E-state index contributed by atoms with van der Waals surface area (Å²) in [6, 6.07) is 19.8. The van der Waals surface area contributed by atoms with Gasteiger partial charge in [0.15, 0.2) is 15.6 Å². The third kappa shape index (κ3) is 25.6. The van der Waals surface area contributed by atoms with Crippen molar-refractivity contribution in [2.24, 2.45) is 23.7 Å². The van der Waals surface area contributed by atoms with E-state index in [-0.39, 0.29) is 146 Å². The van der Waals surface area contributed by atoms with Gasteiger partial charge in [0, 0.05) is 52.4 Å². The molecule has 0 bridgehead atoms. The zero-order valence-electron chi connectivity index (χ0n) is 48.8. The van der Waals surface area contributed by atoms with Crippen molar-refractivity contribution in [2.75, 3.05) is 14.2 Å². The molecule has 0 aliphatic heterocycles. The van der Waals surface area contributed by atoms with Crippen LogP contribution in [0.2, 0.25) is 5.02 Å². The van der Waals surface area contributed by atoms with Crippen LogP contribution < -0.4 is 29.6 Å². The Kier molecular flexibility index (Phi) is 35.0. The van der Waals surface area contributed by atoms with Gasteiger partial charge in [0.2, 0.25) is 0 Å². The monoisotopic (exact) mass is 1340 g/mol. The summed E-state index contributed by atoms with van der Waals surface area (Å²) in [6.45, 7) is 8.96. The fourth-order valence-corrected chi connectivity index (χ4v) is 11.4. The molecule has 2 aliphatic carbocycles. The van der Waals surface area contributed by atoms with Gasteiger partial charge in [0.1, 0.15) is 58.2 Å². The molecule has 8 rings (SSSR count). The molecule has 6 aromatic carbocycles. The van der Waals surface area contributed by atoms with E-state index in [1.807, 2.05) is 13.8 Å². The zero-order chi connectivity index (χ0) is 63.9. The Morgan fingerprint density at radius 1 is 0.632 bits per heavy atom. The first-order valence-corrected chi connectivity index (χ1v) is 29.3. The number of carboxylic acid groups (broad SMARTS) is 1. The second kappa shape index (κ2) is 38.5. The van der Waals surface area contributed by atoms with Crippen molar-refractivity contribution < 1.29 is 121 Å². The number of ketones is 1. The third-order valence-electron chi connectivity index (χ3n) is 12.9. The number of methoxy groups -OCH3 is 2. The number of allylic oxidation sites excluding steroid dienone is 1. The van der Waals surface area contributed by atoms with Crippen molar-refractivity contribution in [3.8, 4) is 0 Å². The van der Waals surface area contributed by atoms with Gasteiger partial charge in [-0.15, -0.1) is 0 Å². The molecular weight excluding hydrogens is 1280 g/mol. The van der Waals surface area contributed by atoms with E-state index in [2.05, 4.69) is 25.4 Å². The molecule has 0 radical (unpaired) electrons. The van der Waals surface area contributed by atoms with E-state index < -0.39 is 73.4 Å². The minimum atomic E-state index is -3.83. The van der Waals surface area contributed by atoms with Gasteiger partial charge in [-0.3, -0.25) is 14.4 Å². The Bertz CT molecular complexity index is 3400. The predicted octanol–water partition coefficient (Wildman–Crippen LogP) is 13.2. The second-order valence-corrected chi connectivity index (χ2v) is 23.3. The Hall–Kier alpha value is -5.88. The summed E-state index contributed by atoms with van der Waals surface area (Å²) < 4.78 is 167. The topological polar surface area (TPSA) is 171 Å². The van der Waals surface area contributed by atoms with Crippen LogP contribution in [-0.2, 0) is 64.7 Å². The largest absolute Gasteiger partial charge is 1.00 e. The Balaban J connectivity index is 0.000000537. The Morgan fingerprint density at radius 2 is 1.07 bits per heavy atom. The number of fused-ring (bicyclic) bond motifs is 2. The molecule has 24 heteroatoms. The molecule has 0 saturated heterocycles. The summed E-state index contributed by atoms with van der Waals surface area (Å²) in [7, 11) is -1.18. The van der Waals surface area contributed by atoms with Gasteiger partial charge < -0.3 is 20.1 Å². The van der Waals surface area contributed by atoms with Crippen molar-refractivity contribution in [3.63, 3.8) is 0 Å². The van der Waals surface area contributed by atoms with Gasteiger partial charge in [0.25, 0.3) is 0 Å². The van der Waals surface area contributed by atoms with E-state index >= 15 is 0 Å². The van der Waals surface area contributed by atoms with Gasteiger partial charge in [0.05, 0.1) is 29.9 Å². The van der Waals surface area contributed by atoms with Crippen molar-refractivity contribution in [2.45, 2.75) is 101 Å². The van der Waals surface area contributed by atoms with Crippen LogP contribution in [0.5, 0.6) is 0 Å². The summed E-state index contributed by atoms with van der Waals surface area (Å²) in [6.07, 6.45) is 5.06. The first kappa shape index (κ1) is 79.1. The summed E-state index contributed by atoms with van der Waals surface area (Å²) in [4.78, 5) is 43.0. The summed E-state index contributed by atoms with van der Waals surface area (Å²) in [5, 5.41) is 8.19. The molecular formula is C63H65BrClF10NaO10S. The maximum atomic E-state index is 14.3. The number of aliphatic carboxylic acids is 1. The van der Waals surface area contributed by atoms with Crippen LogP contribution in [0.15, 0.2) is 120 Å². The molecule has 0 fully saturated rings. The fourth-order valence-electron chi connectivity index (χ4n) is 8.90. The first-order valence-electron chi connectivity index (χ1n) is 26.3. The molecule has 0 saturated carbocycles. The first-order chi connectivity index (χ1) is 39.9. The Labute approximate surface area is 535 Å². The minimum Gasteiger partial charge on any atom is -0.870 e. The van der Waals surface area contributed by atoms with Crippen LogP contribution in [0.25, 0.3) is 0 Å². The molecule has 10 nitrogen and oxygen atoms in total. The number of hydrogen-bond acceptors (Lipinski definition) is 9. The number of hydrogen-bond donors (Lipinski definition) is 1. The molecule has 2 aliphatic rings. The molecule has 2 N–H and O–H groups in total. The zero-order valence-corrected chi connectivity index (χ0v) is 54.0. The molecule has 5 atom stereocenters. The summed E-state index contributed by atoms with van der Waals surface area (Å²) in [5.74, 6) is -7.09. The average molecular weight is 1340 g/mol. The van der Waals surface area contributed by atoms with E-state index in [9.17, 15) is 71.5 Å². The van der Waals surface area contributed by atoms with Crippen LogP contribution in [0, 0.1) is 81.8 Å². The van der Waals surface area contributed by atoms with Crippen LogP contribution in [0.1, 0.15) is 109 Å². The number of benzene rings is 6. The molecule has 468 valence electrons. The number of carboxylic acids is 1. The van der Waals surface area contributed by atoms with E-state index in [1.165, 1.54) is 50.6 Å². The second-order valence-electron chi connectivity index (χ2n) is 20.1. The maximum Gasteiger partial charge on any atom is 1.00 e. The van der Waals surface area contributed by atoms with Crippen molar-refractivity contribution in [1.82, 2.24) is 0 Å². The molecule has 5 unspecified atom stereocenters. The van der Waals surface area contributed by atoms with Gasteiger partial charge in [-0.1, -0.05) is 61.3 Å². The van der Waals surface area contributed by atoms with Crippen molar-refractivity contribution >= 4 is 61.1 Å². The smallest absolute Gasteiger partial charge is 0.870 e. The van der Waals surface area contributed by atoms with E-state index in [4.69, 9.17) is 16.7 Å². The third-order valence-corrected chi connectivity index (χ3v) is 15.9. The van der Waals surface area contributed by atoms with Crippen molar-refractivity contribution in [1.29, 1.82) is 0 Å². The van der Waals surface area contributed by atoms with Crippen LogP contribution in [-0.4, -0.2) is 56.9 Å². The van der Waals surface area contributed by atoms with Crippen molar-refractivity contribution in [3.05, 3.63) is 217 Å². The van der Waals surface area contributed by atoms with Gasteiger partial charge in [-0.05, 0) is 183 Å². The fraction of sp³-hybridized carbons (Fsp3) is 0.333. The van der Waals surface area contributed by atoms with E-state index in [1.54, 1.807) is 26.8 Å². The number of ether oxygens (including phenoxy) is 2. The number of carbonyl (C=O) groups is 4. The molecule has 0 amide bonds. The van der Waals surface area contributed by atoms with Gasteiger partial charge in [-0.25, -0.2) is 57.1 Å². The number of esters is 2. The van der Waals surface area contributed by atoms with Crippen LogP contribution in [0.4, 0.5) is 43.9 Å². The van der Waals surface area contributed by atoms with Gasteiger partial charge >= 0.3 is 47.5 Å². The minimum absolute atomic E-state index is 0. The molecule has 87 heavy (non-hydrogen) atoms. The molecule has 0 heterocycles. The average Bonchev–Trinajstić information content (AvgIpc) is 3.06. The Morgan fingerprint density at radius 3 is 1.52 bits per heavy atom. The van der Waals surface area contributed by atoms with Gasteiger partial charge in [-0.2, -0.15) is 0 Å². The number of carbonyl (C=O) groups excluding carboxylic acids is 3. The predicted molar refractivity (Wildman–Crippen MR) is 308 cm³/mol. The van der Waals surface area contributed by atoms with E-state index in [0.717, 1.165) is 72.8 Å². The van der Waals surface area contributed by atoms with E-state index in [0.29, 0.717) is 41.6 Å². The number of alkyl halides is 1. The van der Waals surface area contributed by atoms with Crippen LogP contribution >= 0.6 is 27.5 Å². The summed E-state index contributed by atoms with van der Waals surface area (Å²) >= 11 is 8.83. The number of Topliss-reactive ketones (excluding diaryl/α,β-unsaturated/α-hetero) is 1. The van der Waals surface area contributed by atoms with Crippen LogP contribution in [0.3, 0.4) is 0 Å². The molecule has 6 aromatic rings. The number of sulfone groups is 1. The SMILES string of the molecule is C/C=C/C(=O)OC.CC(CC(=O)O)Cc1cc(F)ccc1F.CC1CC(=O)c2c(F)ccc(F)c2C1.CC1Cc2c(F)ccc(F)c2C(S(=O)(=O)c2ccc(Cl)cc2)C1.COC(=O)CC(C)Cc1cc(F)ccc1F.Fc1ccc(F)c(CBr)c1.[Na+].[OH-]. The standard InChI is InChI=1S/C17H15ClF2O2S.C12H14F2O2.C11H12F2O2.C11H10F2O.C7H5BrF2.C5H8O2.Na.H2O/c1-10-8-13-14(19)6-7-15(20)17(13)16(9-10)23(21,22)12-4-2-11(18)3-5-12;1-8(6-12(15)16-2)5-9-7-10(13)3-4-11(9)14;1-7(5-11(14)15)4-8-6-9(12)2-3-10(8)13;1-6-4-7-8(12)2-3-9(13)11(7)10(14)5-6;8-4-5-3-6(9)1-2-7(5)10;1-3-4-5(6)7-2;;/h2-7,10,16H,8-9H2,1H3;3-4,7-8H,5-6H2,1-2H3;2-3,6-7H,4-5H2,1H3,(H,14,15);2-3,6H,4-5H2,1H3;1-3H,4H2;3-4H,1-2H3;;1H2/q;;;;;;+1;/p-1/b;;;;;4-3+;;. The number of rotatable bonds is 12. The molecule has 0 aromatic heterocycles. The number of halogens is 12. The molecule has 0 spiro atoms. The summed E-state index contributed by atoms with van der Waals surface area (Å²) in [5.41, 5.74) is 1.21. The maximum absolute atomic E-state index is 14.3. The quantitative estimate of drug-likeness (QED) is 0.0409. The normalized spacial score (nSPS) is 15.2.